The van der Waals surface area contributed by atoms with Crippen molar-refractivity contribution in [2.75, 3.05) is 0 Å². The molecule has 2 aromatic carbocycles. The molecule has 1 heterocycles. The van der Waals surface area contributed by atoms with E-state index in [2.05, 4.69) is 4.99 Å². The Bertz CT molecular complexity index is 738. The van der Waals surface area contributed by atoms with Crippen LogP contribution in [0.3, 0.4) is 0 Å². The van der Waals surface area contributed by atoms with Crippen molar-refractivity contribution in [2.45, 2.75) is 13.8 Å². The molecule has 1 aliphatic heterocycles. The molecule has 3 heteroatoms. The molecule has 0 radical (unpaired) electrons. The van der Waals surface area contributed by atoms with E-state index >= 15 is 0 Å². The zero-order valence-electron chi connectivity index (χ0n) is 12.0. The number of cyclic esters (lactones) is 1. The molecule has 0 bridgehead atoms. The minimum atomic E-state index is -0.411. The van der Waals surface area contributed by atoms with Crippen LogP contribution in [0.5, 0.6) is 0 Å². The average Bonchev–Trinajstić information content (AvgIpc) is 2.83. The molecule has 0 atom stereocenters. The highest BCUT2D eigenvalue weighted by molar-refractivity contribution is 6.46. The molecule has 0 N–H and O–H groups in total. The molecule has 2 aromatic rings. The van der Waals surface area contributed by atoms with Crippen molar-refractivity contribution in [1.29, 1.82) is 0 Å². The number of aryl methyl sites for hydroxylation is 2. The first kappa shape index (κ1) is 13.3. The quantitative estimate of drug-likeness (QED) is 0.779. The van der Waals surface area contributed by atoms with Gasteiger partial charge in [0.25, 0.3) is 0 Å². The van der Waals surface area contributed by atoms with E-state index < -0.39 is 5.97 Å². The van der Waals surface area contributed by atoms with Crippen molar-refractivity contribution in [2.24, 2.45) is 4.99 Å². The smallest absolute Gasteiger partial charge is 0.362 e. The predicted molar refractivity (Wildman–Crippen MR) is 83.5 cm³/mol. The summed E-state index contributed by atoms with van der Waals surface area (Å²) in [5.74, 6) is 0.136. The molecule has 0 spiro atoms. The van der Waals surface area contributed by atoms with E-state index in [1.54, 1.807) is 6.08 Å². The summed E-state index contributed by atoms with van der Waals surface area (Å²) in [6.07, 6.45) is 1.69. The molecule has 0 saturated carbocycles. The summed E-state index contributed by atoms with van der Waals surface area (Å²) in [4.78, 5) is 16.2. The van der Waals surface area contributed by atoms with Gasteiger partial charge in [-0.05, 0) is 26.0 Å². The molecule has 0 unspecified atom stereocenters. The number of rotatable bonds is 2. The first-order chi connectivity index (χ1) is 10.1. The van der Waals surface area contributed by atoms with Crippen LogP contribution in [0.4, 0.5) is 5.69 Å². The van der Waals surface area contributed by atoms with Crippen LogP contribution in [0.2, 0.25) is 0 Å². The van der Waals surface area contributed by atoms with E-state index in [4.69, 9.17) is 4.74 Å². The normalized spacial score (nSPS) is 16.0. The third-order valence-electron chi connectivity index (χ3n) is 3.30. The summed E-state index contributed by atoms with van der Waals surface area (Å²) < 4.78 is 5.29. The fourth-order valence-corrected chi connectivity index (χ4v) is 2.06. The lowest BCUT2D eigenvalue weighted by Gasteiger charge is -2.01. The van der Waals surface area contributed by atoms with Crippen LogP contribution < -0.4 is 0 Å². The fraction of sp³-hybridized carbons (Fsp3) is 0.111. The van der Waals surface area contributed by atoms with Gasteiger partial charge in [-0.1, -0.05) is 47.5 Å². The lowest BCUT2D eigenvalue weighted by molar-refractivity contribution is -0.128. The number of nitrogens with zero attached hydrogens (tertiary/aromatic N) is 1. The Morgan fingerprint density at radius 1 is 0.857 bits per heavy atom. The highest BCUT2D eigenvalue weighted by Crippen LogP contribution is 2.24. The van der Waals surface area contributed by atoms with Crippen LogP contribution in [-0.2, 0) is 9.53 Å². The Morgan fingerprint density at radius 3 is 2.05 bits per heavy atom. The van der Waals surface area contributed by atoms with Gasteiger partial charge in [-0.15, -0.1) is 0 Å². The minimum Gasteiger partial charge on any atom is -0.421 e. The van der Waals surface area contributed by atoms with Crippen LogP contribution >= 0.6 is 0 Å². The lowest BCUT2D eigenvalue weighted by atomic mass is 10.1. The molecule has 3 rings (SSSR count). The standard InChI is InChI=1S/C18H15NO2/c1-12-3-7-14(8-4-12)17-11-16(18(20)21-17)19-15-9-5-13(2)6-10-15/h3-11H,1-2H3. The zero-order chi connectivity index (χ0) is 14.8. The molecule has 0 aliphatic carbocycles. The van der Waals surface area contributed by atoms with Crippen molar-refractivity contribution >= 4 is 23.1 Å². The molecular formula is C18H15NO2. The van der Waals surface area contributed by atoms with Gasteiger partial charge in [-0.3, -0.25) is 0 Å². The van der Waals surface area contributed by atoms with Gasteiger partial charge in [0.1, 0.15) is 5.76 Å². The number of benzene rings is 2. The second-order valence-corrected chi connectivity index (χ2v) is 5.10. The van der Waals surface area contributed by atoms with Gasteiger partial charge in [0.15, 0.2) is 5.71 Å². The van der Waals surface area contributed by atoms with E-state index in [-0.39, 0.29) is 0 Å². The maximum absolute atomic E-state index is 11.9. The monoisotopic (exact) mass is 277 g/mol. The topological polar surface area (TPSA) is 38.7 Å². The number of esters is 1. The molecule has 21 heavy (non-hydrogen) atoms. The molecule has 0 fully saturated rings. The minimum absolute atomic E-state index is 0.328. The number of ether oxygens (including phenoxy) is 1. The van der Waals surface area contributed by atoms with Crippen LogP contribution in [0.15, 0.2) is 59.6 Å². The highest BCUT2D eigenvalue weighted by atomic mass is 16.5. The largest absolute Gasteiger partial charge is 0.421 e. The SMILES string of the molecule is Cc1ccc(N=C2C=C(c3ccc(C)cc3)OC2=O)cc1. The molecule has 1 aliphatic rings. The summed E-state index contributed by atoms with van der Waals surface area (Å²) in [6, 6.07) is 15.5. The summed E-state index contributed by atoms with van der Waals surface area (Å²) >= 11 is 0. The van der Waals surface area contributed by atoms with Crippen LogP contribution in [0, 0.1) is 13.8 Å². The van der Waals surface area contributed by atoms with Gasteiger partial charge in [0.2, 0.25) is 0 Å². The molecule has 0 amide bonds. The predicted octanol–water partition coefficient (Wildman–Crippen LogP) is 3.97. The van der Waals surface area contributed by atoms with Gasteiger partial charge in [0.05, 0.1) is 5.69 Å². The van der Waals surface area contributed by atoms with Gasteiger partial charge >= 0.3 is 5.97 Å². The third kappa shape index (κ3) is 2.92. The first-order valence-corrected chi connectivity index (χ1v) is 6.78. The summed E-state index contributed by atoms with van der Waals surface area (Å²) in [7, 11) is 0. The fourth-order valence-electron chi connectivity index (χ4n) is 2.06. The number of hydrogen-bond acceptors (Lipinski definition) is 3. The summed E-state index contributed by atoms with van der Waals surface area (Å²) in [6.45, 7) is 4.03. The highest BCUT2D eigenvalue weighted by Gasteiger charge is 2.23. The van der Waals surface area contributed by atoms with Crippen LogP contribution in [-0.4, -0.2) is 11.7 Å². The van der Waals surface area contributed by atoms with Gasteiger partial charge in [-0.25, -0.2) is 9.79 Å². The van der Waals surface area contributed by atoms with E-state index in [9.17, 15) is 4.79 Å². The van der Waals surface area contributed by atoms with Crippen molar-refractivity contribution in [1.82, 2.24) is 0 Å². The number of aliphatic imine (C=N–C) groups is 1. The molecule has 3 nitrogen and oxygen atoms in total. The Hall–Kier alpha value is -2.68. The van der Waals surface area contributed by atoms with Crippen LogP contribution in [0.1, 0.15) is 16.7 Å². The van der Waals surface area contributed by atoms with Crippen molar-refractivity contribution in [3.63, 3.8) is 0 Å². The third-order valence-corrected chi connectivity index (χ3v) is 3.30. The second-order valence-electron chi connectivity index (χ2n) is 5.10. The van der Waals surface area contributed by atoms with Crippen molar-refractivity contribution in [3.8, 4) is 0 Å². The van der Waals surface area contributed by atoms with E-state index in [0.29, 0.717) is 11.5 Å². The second kappa shape index (κ2) is 5.37. The maximum Gasteiger partial charge on any atom is 0.362 e. The molecule has 0 aromatic heterocycles. The van der Waals surface area contributed by atoms with Gasteiger partial charge in [-0.2, -0.15) is 0 Å². The summed E-state index contributed by atoms with van der Waals surface area (Å²) in [5.41, 5.74) is 4.27. The van der Waals surface area contributed by atoms with E-state index in [0.717, 1.165) is 22.4 Å². The Kier molecular flexibility index (Phi) is 3.40. The molecule has 0 saturated heterocycles. The van der Waals surface area contributed by atoms with Gasteiger partial charge < -0.3 is 4.74 Å². The number of carbonyl (C=O) groups excluding carboxylic acids is 1. The van der Waals surface area contributed by atoms with Crippen molar-refractivity contribution in [3.05, 3.63) is 71.3 Å². The summed E-state index contributed by atoms with van der Waals surface area (Å²) in [5, 5.41) is 0. The zero-order valence-corrected chi connectivity index (χ0v) is 12.0. The maximum atomic E-state index is 11.9. The lowest BCUT2D eigenvalue weighted by Crippen LogP contribution is -2.06. The van der Waals surface area contributed by atoms with Crippen molar-refractivity contribution < 1.29 is 9.53 Å². The average molecular weight is 277 g/mol. The Labute approximate surface area is 123 Å². The molecule has 104 valence electrons. The number of hydrogen-bond donors (Lipinski definition) is 0. The Morgan fingerprint density at radius 2 is 1.43 bits per heavy atom. The van der Waals surface area contributed by atoms with E-state index in [1.165, 1.54) is 0 Å². The first-order valence-electron chi connectivity index (χ1n) is 6.78. The van der Waals surface area contributed by atoms with Gasteiger partial charge in [0, 0.05) is 11.6 Å². The van der Waals surface area contributed by atoms with E-state index in [1.807, 2.05) is 62.4 Å². The van der Waals surface area contributed by atoms with Crippen LogP contribution in [0.25, 0.3) is 5.76 Å². The Balaban J connectivity index is 1.91. The number of carbonyl (C=O) groups is 1. The molecular weight excluding hydrogens is 262 g/mol.